The Morgan fingerprint density at radius 1 is 0.875 bits per heavy atom. The summed E-state index contributed by atoms with van der Waals surface area (Å²) in [5.74, 6) is 9.94. The maximum atomic E-state index is 12.3. The molecule has 0 heterocycles. The Labute approximate surface area is 234 Å². The average Bonchev–Trinajstić information content (AvgIpc) is 2.97. The lowest BCUT2D eigenvalue weighted by Gasteiger charge is -2.14. The van der Waals surface area contributed by atoms with Crippen LogP contribution in [0.1, 0.15) is 47.4 Å². The summed E-state index contributed by atoms with van der Waals surface area (Å²) in [6.45, 7) is 2.03. The first-order valence-corrected chi connectivity index (χ1v) is 12.1. The zero-order chi connectivity index (χ0) is 28.0. The number of benzene rings is 3. The van der Waals surface area contributed by atoms with E-state index in [1.165, 1.54) is 5.48 Å². The van der Waals surface area contributed by atoms with Gasteiger partial charge in [-0.15, -0.1) is 0 Å². The number of anilines is 1. The molecule has 206 valence electrons. The van der Waals surface area contributed by atoms with E-state index in [4.69, 9.17) is 10.9 Å². The number of carbonyl (C=O) groups is 3. The van der Waals surface area contributed by atoms with Gasteiger partial charge < -0.3 is 21.7 Å². The molecule has 3 aromatic rings. The van der Waals surface area contributed by atoms with Gasteiger partial charge in [-0.25, -0.2) is 5.48 Å². The molecule has 0 spiro atoms. The SMILES string of the molecule is C.C[C@H](NCC(=O)Nc1ccc(C#CC#Cc2ccc(C(=O)N[C@@H](CN)C(=O)NO)cc2)cc1)c1ccccc1. The molecule has 0 aliphatic rings. The lowest BCUT2D eigenvalue weighted by Crippen LogP contribution is -2.50. The largest absolute Gasteiger partial charge is 0.339 e. The van der Waals surface area contributed by atoms with Crippen LogP contribution in [0.4, 0.5) is 5.69 Å². The van der Waals surface area contributed by atoms with E-state index in [2.05, 4.69) is 39.6 Å². The summed E-state index contributed by atoms with van der Waals surface area (Å²) in [6.07, 6.45) is 0. The van der Waals surface area contributed by atoms with Crippen LogP contribution in [0.15, 0.2) is 78.9 Å². The van der Waals surface area contributed by atoms with E-state index >= 15 is 0 Å². The van der Waals surface area contributed by atoms with Crippen molar-refractivity contribution in [1.29, 1.82) is 0 Å². The van der Waals surface area contributed by atoms with Crippen molar-refractivity contribution in [3.05, 3.63) is 101 Å². The van der Waals surface area contributed by atoms with Gasteiger partial charge >= 0.3 is 0 Å². The summed E-state index contributed by atoms with van der Waals surface area (Å²) in [7, 11) is 0. The van der Waals surface area contributed by atoms with Gasteiger partial charge in [-0.1, -0.05) is 49.6 Å². The van der Waals surface area contributed by atoms with Gasteiger partial charge in [0.25, 0.3) is 11.8 Å². The van der Waals surface area contributed by atoms with Crippen molar-refractivity contribution in [1.82, 2.24) is 16.1 Å². The van der Waals surface area contributed by atoms with Crippen LogP contribution in [0.5, 0.6) is 0 Å². The number of nitrogens with one attached hydrogen (secondary N) is 4. The number of rotatable bonds is 9. The van der Waals surface area contributed by atoms with Crippen LogP contribution < -0.4 is 27.2 Å². The van der Waals surface area contributed by atoms with Crippen molar-refractivity contribution >= 4 is 23.4 Å². The summed E-state index contributed by atoms with van der Waals surface area (Å²) in [6, 6.07) is 22.5. The molecule has 0 fully saturated rings. The highest BCUT2D eigenvalue weighted by atomic mass is 16.5. The van der Waals surface area contributed by atoms with Gasteiger partial charge in [0.1, 0.15) is 6.04 Å². The third-order valence-electron chi connectivity index (χ3n) is 5.63. The molecule has 3 aromatic carbocycles. The van der Waals surface area contributed by atoms with Gasteiger partial charge in [0.15, 0.2) is 0 Å². The molecule has 0 aliphatic carbocycles. The van der Waals surface area contributed by atoms with Gasteiger partial charge in [0, 0.05) is 35.0 Å². The first-order valence-electron chi connectivity index (χ1n) is 12.1. The summed E-state index contributed by atoms with van der Waals surface area (Å²) >= 11 is 0. The Kier molecular flexibility index (Phi) is 12.6. The Balaban J connectivity index is 0.00000560. The molecule has 0 radical (unpaired) electrons. The second-order valence-corrected chi connectivity index (χ2v) is 8.45. The van der Waals surface area contributed by atoms with Crippen LogP contribution in [-0.2, 0) is 9.59 Å². The van der Waals surface area contributed by atoms with Crippen molar-refractivity contribution in [3.8, 4) is 23.7 Å². The second-order valence-electron chi connectivity index (χ2n) is 8.45. The predicted molar refractivity (Wildman–Crippen MR) is 155 cm³/mol. The number of nitrogens with two attached hydrogens (primary N) is 1. The molecular formula is C31H33N5O4. The lowest BCUT2D eigenvalue weighted by atomic mass is 10.1. The van der Waals surface area contributed by atoms with Gasteiger partial charge in [0.05, 0.1) is 6.54 Å². The first-order chi connectivity index (χ1) is 18.9. The van der Waals surface area contributed by atoms with E-state index in [9.17, 15) is 14.4 Å². The molecule has 2 atom stereocenters. The van der Waals surface area contributed by atoms with Crippen LogP contribution in [0.3, 0.4) is 0 Å². The van der Waals surface area contributed by atoms with Crippen LogP contribution in [0.2, 0.25) is 0 Å². The van der Waals surface area contributed by atoms with E-state index in [0.717, 1.165) is 11.1 Å². The number of hydroxylamine groups is 1. The quantitative estimate of drug-likeness (QED) is 0.140. The van der Waals surface area contributed by atoms with E-state index in [0.29, 0.717) is 16.8 Å². The van der Waals surface area contributed by atoms with E-state index in [1.807, 2.05) is 37.3 Å². The van der Waals surface area contributed by atoms with Gasteiger partial charge in [-0.3, -0.25) is 19.6 Å². The van der Waals surface area contributed by atoms with E-state index < -0.39 is 17.9 Å². The van der Waals surface area contributed by atoms with Crippen LogP contribution in [0, 0.1) is 23.7 Å². The summed E-state index contributed by atoms with van der Waals surface area (Å²) < 4.78 is 0. The molecule has 3 amide bonds. The Morgan fingerprint density at radius 2 is 1.45 bits per heavy atom. The highest BCUT2D eigenvalue weighted by molar-refractivity contribution is 5.97. The van der Waals surface area contributed by atoms with E-state index in [-0.39, 0.29) is 32.5 Å². The second kappa shape index (κ2) is 16.1. The fourth-order valence-corrected chi connectivity index (χ4v) is 3.41. The molecule has 0 unspecified atom stereocenters. The minimum atomic E-state index is -1.05. The van der Waals surface area contributed by atoms with Crippen molar-refractivity contribution in [2.24, 2.45) is 5.73 Å². The lowest BCUT2D eigenvalue weighted by molar-refractivity contribution is -0.130. The number of hydrogen-bond donors (Lipinski definition) is 6. The third-order valence-corrected chi connectivity index (χ3v) is 5.63. The topological polar surface area (TPSA) is 146 Å². The molecule has 3 rings (SSSR count). The smallest absolute Gasteiger partial charge is 0.267 e. The average molecular weight is 540 g/mol. The fourth-order valence-electron chi connectivity index (χ4n) is 3.41. The number of carbonyl (C=O) groups excluding carboxylic acids is 3. The van der Waals surface area contributed by atoms with Crippen molar-refractivity contribution < 1.29 is 19.6 Å². The molecule has 0 saturated heterocycles. The fraction of sp³-hybridized carbons (Fsp3) is 0.194. The Hall–Kier alpha value is -4.93. The third kappa shape index (κ3) is 9.75. The molecule has 0 aromatic heterocycles. The number of amides is 3. The van der Waals surface area contributed by atoms with Gasteiger partial charge in [-0.2, -0.15) is 0 Å². The standard InChI is InChI=1S/C30H29N5O4.CH4/c1-21(24-9-3-2-4-10-24)32-20-28(36)33-26-17-13-23(14-18-26)8-6-5-7-22-11-15-25(16-12-22)29(37)34-27(19-31)30(38)35-39;/h2-4,9-18,21,27,32,39H,19-20,31H2,1H3,(H,33,36)(H,34,37)(H,35,38);1H4/t21-,27-;/m0./s1. The first kappa shape index (κ1) is 31.3. The van der Waals surface area contributed by atoms with Gasteiger partial charge in [-0.05, 0) is 72.9 Å². The molecule has 9 nitrogen and oxygen atoms in total. The normalized spacial score (nSPS) is 11.2. The van der Waals surface area contributed by atoms with Crippen molar-refractivity contribution in [2.45, 2.75) is 26.4 Å². The molecule has 0 bridgehead atoms. The van der Waals surface area contributed by atoms with E-state index in [1.54, 1.807) is 48.5 Å². The maximum absolute atomic E-state index is 12.3. The van der Waals surface area contributed by atoms with Crippen molar-refractivity contribution in [3.63, 3.8) is 0 Å². The van der Waals surface area contributed by atoms with Crippen molar-refractivity contribution in [2.75, 3.05) is 18.4 Å². The minimum Gasteiger partial charge on any atom is -0.339 e. The summed E-state index contributed by atoms with van der Waals surface area (Å²) in [5, 5.41) is 17.2. The van der Waals surface area contributed by atoms with Crippen LogP contribution >= 0.6 is 0 Å². The molecule has 40 heavy (non-hydrogen) atoms. The predicted octanol–water partition coefficient (Wildman–Crippen LogP) is 2.58. The Morgan fingerprint density at radius 3 is 2.00 bits per heavy atom. The highest BCUT2D eigenvalue weighted by Crippen LogP contribution is 2.12. The molecule has 0 saturated carbocycles. The highest BCUT2D eigenvalue weighted by Gasteiger charge is 2.19. The monoisotopic (exact) mass is 539 g/mol. The molecular weight excluding hydrogens is 506 g/mol. The zero-order valence-electron chi connectivity index (χ0n) is 21.3. The molecule has 9 heteroatoms. The van der Waals surface area contributed by atoms with Gasteiger partial charge in [0.2, 0.25) is 5.91 Å². The Bertz CT molecular complexity index is 1400. The molecule has 0 aliphatic heterocycles. The summed E-state index contributed by atoms with van der Waals surface area (Å²) in [5.41, 5.74) is 10.4. The maximum Gasteiger partial charge on any atom is 0.267 e. The molecule has 7 N–H and O–H groups in total. The number of hydrogen-bond acceptors (Lipinski definition) is 6. The van der Waals surface area contributed by atoms with Crippen LogP contribution in [0.25, 0.3) is 0 Å². The summed E-state index contributed by atoms with van der Waals surface area (Å²) in [4.78, 5) is 36.0. The van der Waals surface area contributed by atoms with Crippen LogP contribution in [-0.4, -0.2) is 42.1 Å². The minimum absolute atomic E-state index is 0. The zero-order valence-corrected chi connectivity index (χ0v) is 21.3.